The molecule has 26 heavy (non-hydrogen) atoms. The molecule has 0 radical (unpaired) electrons. The van der Waals surface area contributed by atoms with Crippen molar-refractivity contribution in [1.82, 2.24) is 14.9 Å². The molecule has 3 rings (SSSR count). The monoisotopic (exact) mass is 375 g/mol. The van der Waals surface area contributed by atoms with Gasteiger partial charge in [0.2, 0.25) is 15.9 Å². The van der Waals surface area contributed by atoms with E-state index in [0.717, 1.165) is 36.8 Å². The number of nitrogens with zero attached hydrogens (tertiary/aromatic N) is 2. The summed E-state index contributed by atoms with van der Waals surface area (Å²) in [5.41, 5.74) is 1.17. The van der Waals surface area contributed by atoms with Gasteiger partial charge in [-0.25, -0.2) is 8.42 Å². The minimum Gasteiger partial charge on any atom is -0.340 e. The second-order valence-corrected chi connectivity index (χ2v) is 8.56. The third-order valence-electron chi connectivity index (χ3n) is 4.77. The first-order valence-corrected chi connectivity index (χ1v) is 10.5. The number of rotatable bonds is 5. The molecule has 1 aromatic carbocycles. The summed E-state index contributed by atoms with van der Waals surface area (Å²) >= 11 is 0. The van der Waals surface area contributed by atoms with Gasteiger partial charge in [0.1, 0.15) is 0 Å². The highest BCUT2D eigenvalue weighted by Gasteiger charge is 2.40. The van der Waals surface area contributed by atoms with E-state index < -0.39 is 15.6 Å². The zero-order chi connectivity index (χ0) is 18.6. The van der Waals surface area contributed by atoms with Crippen LogP contribution in [-0.4, -0.2) is 18.6 Å². The topological polar surface area (TPSA) is 85.1 Å². The van der Waals surface area contributed by atoms with Gasteiger partial charge in [-0.1, -0.05) is 60.7 Å². The Bertz CT molecular complexity index is 862. The van der Waals surface area contributed by atoms with Crippen LogP contribution in [0.15, 0.2) is 34.2 Å². The molecule has 6 nitrogen and oxygen atoms in total. The Hall–Kier alpha value is -1.99. The van der Waals surface area contributed by atoms with Gasteiger partial charge in [0.15, 0.2) is 5.82 Å². The van der Waals surface area contributed by atoms with Crippen molar-refractivity contribution < 1.29 is 12.9 Å². The van der Waals surface area contributed by atoms with Gasteiger partial charge in [0, 0.05) is 12.3 Å². The van der Waals surface area contributed by atoms with Crippen LogP contribution >= 0.6 is 0 Å². The van der Waals surface area contributed by atoms with E-state index >= 15 is 0 Å². The quantitative estimate of drug-likeness (QED) is 0.803. The van der Waals surface area contributed by atoms with Gasteiger partial charge < -0.3 is 4.52 Å². The number of hydrogen-bond donors (Lipinski definition) is 1. The Kier molecular flexibility index (Phi) is 5.58. The summed E-state index contributed by atoms with van der Waals surface area (Å²) < 4.78 is 33.5. The Morgan fingerprint density at radius 2 is 1.73 bits per heavy atom. The maximum absolute atomic E-state index is 12.8. The number of sulfonamides is 1. The number of nitrogens with one attached hydrogen (secondary N) is 1. The second-order valence-electron chi connectivity index (χ2n) is 6.99. The molecule has 0 amide bonds. The van der Waals surface area contributed by atoms with E-state index in [4.69, 9.17) is 4.52 Å². The number of aryl methyl sites for hydroxylation is 2. The lowest BCUT2D eigenvalue weighted by atomic mass is 9.91. The first-order valence-electron chi connectivity index (χ1n) is 8.98. The highest BCUT2D eigenvalue weighted by molar-refractivity contribution is 7.92. The lowest BCUT2D eigenvalue weighted by molar-refractivity contribution is 0.302. The van der Waals surface area contributed by atoms with Crippen LogP contribution in [0, 0.1) is 13.8 Å². The molecule has 0 unspecified atom stereocenters. The summed E-state index contributed by atoms with van der Waals surface area (Å²) in [5.74, 6) is 0.877. The Morgan fingerprint density at radius 3 is 2.31 bits per heavy atom. The second kappa shape index (κ2) is 7.72. The molecule has 140 valence electrons. The van der Waals surface area contributed by atoms with E-state index in [1.54, 1.807) is 13.0 Å². The van der Waals surface area contributed by atoms with Crippen LogP contribution in [0.3, 0.4) is 0 Å². The molecular formula is C19H25N3O3S. The van der Waals surface area contributed by atoms with E-state index in [2.05, 4.69) is 14.9 Å². The predicted octanol–water partition coefficient (Wildman–Crippen LogP) is 3.83. The van der Waals surface area contributed by atoms with E-state index in [9.17, 15) is 8.42 Å². The fourth-order valence-electron chi connectivity index (χ4n) is 3.35. The Morgan fingerprint density at radius 1 is 1.08 bits per heavy atom. The van der Waals surface area contributed by atoms with Gasteiger partial charge in [-0.15, -0.1) is 0 Å². The van der Waals surface area contributed by atoms with Crippen LogP contribution in [0.2, 0.25) is 0 Å². The summed E-state index contributed by atoms with van der Waals surface area (Å²) in [6.07, 6.45) is 6.97. The first-order chi connectivity index (χ1) is 12.4. The molecule has 1 aliphatic carbocycles. The van der Waals surface area contributed by atoms with Crippen molar-refractivity contribution in [2.45, 2.75) is 57.9 Å². The summed E-state index contributed by atoms with van der Waals surface area (Å²) in [6, 6.07) is 7.69. The minimum atomic E-state index is -3.66. The fourth-order valence-corrected chi connectivity index (χ4v) is 4.59. The molecule has 1 aromatic heterocycles. The molecule has 1 N–H and O–H groups in total. The highest BCUT2D eigenvalue weighted by Crippen LogP contribution is 2.35. The van der Waals surface area contributed by atoms with Crippen molar-refractivity contribution in [3.8, 4) is 0 Å². The molecule has 0 bridgehead atoms. The molecule has 0 saturated heterocycles. The summed E-state index contributed by atoms with van der Waals surface area (Å²) in [5, 5.41) is 5.25. The van der Waals surface area contributed by atoms with Crippen molar-refractivity contribution in [3.63, 3.8) is 0 Å². The van der Waals surface area contributed by atoms with Crippen molar-refractivity contribution in [2.24, 2.45) is 0 Å². The van der Waals surface area contributed by atoms with Gasteiger partial charge in [-0.3, -0.25) is 0 Å². The number of hydrogen-bond acceptors (Lipinski definition) is 5. The molecule has 0 aliphatic heterocycles. The average Bonchev–Trinajstić information content (AvgIpc) is 2.91. The Labute approximate surface area is 154 Å². The number of aromatic nitrogens is 2. The summed E-state index contributed by atoms with van der Waals surface area (Å²) in [4.78, 5) is 4.33. The van der Waals surface area contributed by atoms with Crippen molar-refractivity contribution in [3.05, 3.63) is 52.5 Å². The fraction of sp³-hybridized carbons (Fsp3) is 0.474. The zero-order valence-corrected chi connectivity index (χ0v) is 16.1. The van der Waals surface area contributed by atoms with Crippen LogP contribution in [0.5, 0.6) is 0 Å². The predicted molar refractivity (Wildman–Crippen MR) is 101 cm³/mol. The van der Waals surface area contributed by atoms with E-state index in [1.165, 1.54) is 5.41 Å². The molecule has 1 fully saturated rings. The summed E-state index contributed by atoms with van der Waals surface area (Å²) in [6.45, 7) is 3.71. The minimum absolute atomic E-state index is 0.434. The SMILES string of the molecule is Cc1ccc(C=CS(=O)(=O)NC2(c3noc(C)n3)CCCCCC2)cc1. The third-order valence-corrected chi connectivity index (χ3v) is 5.94. The van der Waals surface area contributed by atoms with Crippen LogP contribution in [-0.2, 0) is 15.6 Å². The highest BCUT2D eigenvalue weighted by atomic mass is 32.2. The Balaban J connectivity index is 1.86. The maximum atomic E-state index is 12.8. The van der Waals surface area contributed by atoms with Gasteiger partial charge in [0.25, 0.3) is 0 Å². The summed E-state index contributed by atoms with van der Waals surface area (Å²) in [7, 11) is -3.66. The van der Waals surface area contributed by atoms with Gasteiger partial charge >= 0.3 is 0 Å². The normalized spacial score (nSPS) is 18.1. The van der Waals surface area contributed by atoms with Crippen LogP contribution in [0.1, 0.15) is 61.4 Å². The van der Waals surface area contributed by atoms with Gasteiger partial charge in [-0.05, 0) is 31.4 Å². The average molecular weight is 375 g/mol. The van der Waals surface area contributed by atoms with E-state index in [0.29, 0.717) is 24.6 Å². The van der Waals surface area contributed by atoms with Gasteiger partial charge in [-0.2, -0.15) is 9.71 Å². The van der Waals surface area contributed by atoms with Crippen LogP contribution in [0.25, 0.3) is 6.08 Å². The molecule has 7 heteroatoms. The number of benzene rings is 1. The largest absolute Gasteiger partial charge is 0.340 e. The van der Waals surface area contributed by atoms with Gasteiger partial charge in [0.05, 0.1) is 5.54 Å². The van der Waals surface area contributed by atoms with Crippen molar-refractivity contribution in [2.75, 3.05) is 0 Å². The smallest absolute Gasteiger partial charge is 0.234 e. The third kappa shape index (κ3) is 4.59. The lowest BCUT2D eigenvalue weighted by Gasteiger charge is -2.29. The van der Waals surface area contributed by atoms with Crippen LogP contribution in [0.4, 0.5) is 0 Å². The van der Waals surface area contributed by atoms with E-state index in [-0.39, 0.29) is 0 Å². The lowest BCUT2D eigenvalue weighted by Crippen LogP contribution is -2.45. The molecule has 1 saturated carbocycles. The van der Waals surface area contributed by atoms with Crippen molar-refractivity contribution in [1.29, 1.82) is 0 Å². The van der Waals surface area contributed by atoms with Crippen LogP contribution < -0.4 is 4.72 Å². The standard InChI is InChI=1S/C19H25N3O3S/c1-15-7-9-17(10-8-15)11-14-26(23,24)22-19(12-5-3-4-6-13-19)18-20-16(2)25-21-18/h7-11,14,22H,3-6,12-13H2,1-2H3. The molecular weight excluding hydrogens is 350 g/mol. The maximum Gasteiger partial charge on any atom is 0.234 e. The molecule has 2 aromatic rings. The molecule has 1 aliphatic rings. The first kappa shape index (κ1) is 18.8. The molecule has 1 heterocycles. The van der Waals surface area contributed by atoms with E-state index in [1.807, 2.05) is 31.2 Å². The molecule has 0 spiro atoms. The van der Waals surface area contributed by atoms with Crippen molar-refractivity contribution >= 4 is 16.1 Å². The molecule has 0 atom stereocenters. The zero-order valence-electron chi connectivity index (χ0n) is 15.2.